The van der Waals surface area contributed by atoms with Crippen LogP contribution in [0.4, 0.5) is 5.69 Å². The lowest BCUT2D eigenvalue weighted by Crippen LogP contribution is -2.43. The summed E-state index contributed by atoms with van der Waals surface area (Å²) >= 11 is 0. The molecule has 0 aliphatic carbocycles. The first-order valence-corrected chi connectivity index (χ1v) is 5.18. The maximum Gasteiger partial charge on any atom is 0.162 e. The van der Waals surface area contributed by atoms with E-state index in [0.29, 0.717) is 0 Å². The zero-order chi connectivity index (χ0) is 10.1. The molecule has 1 aliphatic heterocycles. The highest BCUT2D eigenvalue weighted by Gasteiger charge is 2.10. The molecule has 2 aromatic heterocycles. The minimum absolute atomic E-state index is 0.908. The second-order valence-electron chi connectivity index (χ2n) is 3.72. The molecular weight excluding hydrogens is 190 g/mol. The SMILES string of the molecule is c1cn2cnnc2cc1N1CCNCC1. The first-order chi connectivity index (χ1) is 7.43. The summed E-state index contributed by atoms with van der Waals surface area (Å²) in [6.07, 6.45) is 3.73. The van der Waals surface area contributed by atoms with Gasteiger partial charge in [-0.2, -0.15) is 0 Å². The molecule has 1 saturated heterocycles. The number of hydrogen-bond donors (Lipinski definition) is 1. The van der Waals surface area contributed by atoms with Gasteiger partial charge >= 0.3 is 0 Å². The Balaban J connectivity index is 1.95. The van der Waals surface area contributed by atoms with E-state index in [2.05, 4.69) is 32.5 Å². The van der Waals surface area contributed by atoms with E-state index >= 15 is 0 Å². The van der Waals surface area contributed by atoms with Crippen LogP contribution in [0.1, 0.15) is 0 Å². The molecule has 15 heavy (non-hydrogen) atoms. The van der Waals surface area contributed by atoms with Gasteiger partial charge in [-0.25, -0.2) is 0 Å². The fourth-order valence-corrected chi connectivity index (χ4v) is 1.93. The third kappa shape index (κ3) is 1.55. The molecule has 0 saturated carbocycles. The third-order valence-electron chi connectivity index (χ3n) is 2.77. The second kappa shape index (κ2) is 3.51. The van der Waals surface area contributed by atoms with E-state index < -0.39 is 0 Å². The summed E-state index contributed by atoms with van der Waals surface area (Å²) in [6.45, 7) is 4.23. The van der Waals surface area contributed by atoms with E-state index in [9.17, 15) is 0 Å². The van der Waals surface area contributed by atoms with Crippen molar-refractivity contribution < 1.29 is 0 Å². The Hall–Kier alpha value is -1.62. The predicted molar refractivity (Wildman–Crippen MR) is 58.1 cm³/mol. The van der Waals surface area contributed by atoms with Crippen molar-refractivity contribution in [3.63, 3.8) is 0 Å². The maximum absolute atomic E-state index is 4.04. The summed E-state index contributed by atoms with van der Waals surface area (Å²) in [5, 5.41) is 11.3. The molecule has 0 aromatic carbocycles. The molecule has 0 atom stereocenters. The van der Waals surface area contributed by atoms with Crippen LogP contribution in [-0.4, -0.2) is 40.8 Å². The lowest BCUT2D eigenvalue weighted by Gasteiger charge is -2.29. The van der Waals surface area contributed by atoms with Crippen LogP contribution in [0.2, 0.25) is 0 Å². The molecule has 3 heterocycles. The Kier molecular flexibility index (Phi) is 2.03. The molecule has 0 amide bonds. The average Bonchev–Trinajstić information content (AvgIpc) is 2.77. The summed E-state index contributed by atoms with van der Waals surface area (Å²) in [5.41, 5.74) is 2.14. The van der Waals surface area contributed by atoms with Crippen LogP contribution in [0, 0.1) is 0 Å². The fourth-order valence-electron chi connectivity index (χ4n) is 1.93. The minimum atomic E-state index is 0.908. The van der Waals surface area contributed by atoms with Crippen LogP contribution in [-0.2, 0) is 0 Å². The summed E-state index contributed by atoms with van der Waals surface area (Å²) < 4.78 is 1.92. The first-order valence-electron chi connectivity index (χ1n) is 5.18. The summed E-state index contributed by atoms with van der Waals surface area (Å²) in [7, 11) is 0. The number of anilines is 1. The van der Waals surface area contributed by atoms with Crippen molar-refractivity contribution in [2.24, 2.45) is 0 Å². The number of aromatic nitrogens is 3. The fraction of sp³-hybridized carbons (Fsp3) is 0.400. The molecule has 2 aromatic rings. The molecule has 0 bridgehead atoms. The van der Waals surface area contributed by atoms with Crippen molar-refractivity contribution in [2.75, 3.05) is 31.1 Å². The van der Waals surface area contributed by atoms with Gasteiger partial charge in [0, 0.05) is 44.1 Å². The zero-order valence-corrected chi connectivity index (χ0v) is 8.43. The molecular formula is C10H13N5. The van der Waals surface area contributed by atoms with E-state index in [1.54, 1.807) is 6.33 Å². The van der Waals surface area contributed by atoms with Gasteiger partial charge in [-0.15, -0.1) is 10.2 Å². The number of fused-ring (bicyclic) bond motifs is 1. The van der Waals surface area contributed by atoms with E-state index in [-0.39, 0.29) is 0 Å². The number of rotatable bonds is 1. The normalized spacial score (nSPS) is 17.2. The average molecular weight is 203 g/mol. The molecule has 1 fully saturated rings. The van der Waals surface area contributed by atoms with Gasteiger partial charge in [0.1, 0.15) is 6.33 Å². The van der Waals surface area contributed by atoms with Gasteiger partial charge in [0.2, 0.25) is 0 Å². The molecule has 5 nitrogen and oxygen atoms in total. The van der Waals surface area contributed by atoms with Crippen LogP contribution in [0.3, 0.4) is 0 Å². The van der Waals surface area contributed by atoms with Crippen LogP contribution in [0.25, 0.3) is 5.65 Å². The molecule has 0 spiro atoms. The Labute approximate surface area is 87.7 Å². The maximum atomic E-state index is 4.04. The number of nitrogens with one attached hydrogen (secondary N) is 1. The van der Waals surface area contributed by atoms with Gasteiger partial charge < -0.3 is 10.2 Å². The largest absolute Gasteiger partial charge is 0.369 e. The van der Waals surface area contributed by atoms with Crippen molar-refractivity contribution in [1.82, 2.24) is 19.9 Å². The Morgan fingerprint density at radius 1 is 1.27 bits per heavy atom. The zero-order valence-electron chi connectivity index (χ0n) is 8.43. The van der Waals surface area contributed by atoms with Gasteiger partial charge in [-0.3, -0.25) is 4.40 Å². The number of hydrogen-bond acceptors (Lipinski definition) is 4. The molecule has 5 heteroatoms. The molecule has 1 aliphatic rings. The molecule has 78 valence electrons. The first kappa shape index (κ1) is 8.67. The highest BCUT2D eigenvalue weighted by atomic mass is 15.2. The van der Waals surface area contributed by atoms with Crippen molar-refractivity contribution in [3.8, 4) is 0 Å². The van der Waals surface area contributed by atoms with Crippen LogP contribution in [0.15, 0.2) is 24.7 Å². The molecule has 0 radical (unpaired) electrons. The lowest BCUT2D eigenvalue weighted by atomic mass is 10.3. The minimum Gasteiger partial charge on any atom is -0.369 e. The van der Waals surface area contributed by atoms with E-state index in [1.165, 1.54) is 5.69 Å². The van der Waals surface area contributed by atoms with Crippen molar-refractivity contribution >= 4 is 11.3 Å². The predicted octanol–water partition coefficient (Wildman–Crippen LogP) is 0.139. The van der Waals surface area contributed by atoms with Crippen molar-refractivity contribution in [1.29, 1.82) is 0 Å². The van der Waals surface area contributed by atoms with Crippen LogP contribution in [0.5, 0.6) is 0 Å². The van der Waals surface area contributed by atoms with Gasteiger partial charge in [0.05, 0.1) is 0 Å². The Morgan fingerprint density at radius 3 is 3.00 bits per heavy atom. The quantitative estimate of drug-likeness (QED) is 0.716. The van der Waals surface area contributed by atoms with Crippen LogP contribution < -0.4 is 10.2 Å². The standard InChI is InChI=1S/C10H13N5/c1-4-15-8-12-13-10(15)7-9(1)14-5-2-11-3-6-14/h1,4,7-8,11H,2-3,5-6H2. The lowest BCUT2D eigenvalue weighted by molar-refractivity contribution is 0.589. The topological polar surface area (TPSA) is 45.5 Å². The van der Waals surface area contributed by atoms with Gasteiger partial charge in [0.25, 0.3) is 0 Å². The van der Waals surface area contributed by atoms with Crippen LogP contribution >= 0.6 is 0 Å². The smallest absolute Gasteiger partial charge is 0.162 e. The van der Waals surface area contributed by atoms with E-state index in [0.717, 1.165) is 31.8 Å². The third-order valence-corrected chi connectivity index (χ3v) is 2.77. The summed E-state index contributed by atoms with van der Waals surface area (Å²) in [4.78, 5) is 2.37. The Bertz CT molecular complexity index is 458. The molecule has 0 unspecified atom stereocenters. The molecule has 3 rings (SSSR count). The summed E-state index contributed by atoms with van der Waals surface area (Å²) in [6, 6.07) is 4.19. The number of piperazine rings is 1. The van der Waals surface area contributed by atoms with E-state index in [4.69, 9.17) is 0 Å². The van der Waals surface area contributed by atoms with Crippen molar-refractivity contribution in [2.45, 2.75) is 0 Å². The molecule has 1 N–H and O–H groups in total. The Morgan fingerprint density at radius 2 is 2.13 bits per heavy atom. The van der Waals surface area contributed by atoms with Gasteiger partial charge in [-0.1, -0.05) is 0 Å². The monoisotopic (exact) mass is 203 g/mol. The highest BCUT2D eigenvalue weighted by molar-refractivity contribution is 5.55. The highest BCUT2D eigenvalue weighted by Crippen LogP contribution is 2.15. The second-order valence-corrected chi connectivity index (χ2v) is 3.72. The number of nitrogens with zero attached hydrogens (tertiary/aromatic N) is 4. The summed E-state index contributed by atoms with van der Waals surface area (Å²) in [5.74, 6) is 0. The van der Waals surface area contributed by atoms with E-state index in [1.807, 2.05) is 10.6 Å². The van der Waals surface area contributed by atoms with Gasteiger partial charge in [-0.05, 0) is 6.07 Å². The number of pyridine rings is 1. The van der Waals surface area contributed by atoms with Crippen molar-refractivity contribution in [3.05, 3.63) is 24.7 Å². The van der Waals surface area contributed by atoms with Gasteiger partial charge in [0.15, 0.2) is 5.65 Å².